The van der Waals surface area contributed by atoms with Crippen molar-refractivity contribution < 1.29 is 0 Å². The van der Waals surface area contributed by atoms with E-state index in [-0.39, 0.29) is 11.5 Å². The number of aryl methyl sites for hydroxylation is 2. The van der Waals surface area contributed by atoms with E-state index in [0.717, 1.165) is 23.8 Å². The molecule has 7 nitrogen and oxygen atoms in total. The van der Waals surface area contributed by atoms with Crippen LogP contribution in [0.4, 0.5) is 5.95 Å². The third-order valence-electron chi connectivity index (χ3n) is 3.36. The minimum absolute atomic E-state index is 0.282. The van der Waals surface area contributed by atoms with Gasteiger partial charge in [-0.1, -0.05) is 19.8 Å². The number of nitrogens with two attached hydrogens (primary N) is 1. The van der Waals surface area contributed by atoms with Gasteiger partial charge in [0.25, 0.3) is 5.56 Å². The molecule has 0 aromatic carbocycles. The standard InChI is InChI=1S/C12H19N5O2/c1-4-5-6-7-17-8-9(14-11(17)13)15(2)12(19)16(3)10(8)18/h4-7H2,1-3H3,(H2,13,14). The van der Waals surface area contributed by atoms with Gasteiger partial charge in [0.05, 0.1) is 0 Å². The molecule has 0 bridgehead atoms. The minimum atomic E-state index is -0.393. The van der Waals surface area contributed by atoms with Gasteiger partial charge in [0.1, 0.15) is 0 Å². The molecule has 2 N–H and O–H groups in total. The van der Waals surface area contributed by atoms with Gasteiger partial charge < -0.3 is 10.3 Å². The van der Waals surface area contributed by atoms with E-state index in [1.165, 1.54) is 11.6 Å². The van der Waals surface area contributed by atoms with Crippen LogP contribution in [0.25, 0.3) is 11.2 Å². The fourth-order valence-electron chi connectivity index (χ4n) is 2.21. The lowest BCUT2D eigenvalue weighted by molar-refractivity contribution is 0.614. The quantitative estimate of drug-likeness (QED) is 0.800. The van der Waals surface area contributed by atoms with Gasteiger partial charge in [-0.05, 0) is 6.42 Å². The highest BCUT2D eigenvalue weighted by atomic mass is 16.2. The lowest BCUT2D eigenvalue weighted by Crippen LogP contribution is -2.37. The molecule has 0 radical (unpaired) electrons. The Bertz CT molecular complexity index is 722. The third kappa shape index (κ3) is 2.05. The molecule has 0 unspecified atom stereocenters. The second kappa shape index (κ2) is 4.91. The van der Waals surface area contributed by atoms with E-state index in [4.69, 9.17) is 5.73 Å². The molecule has 19 heavy (non-hydrogen) atoms. The first-order valence-corrected chi connectivity index (χ1v) is 6.40. The van der Waals surface area contributed by atoms with E-state index in [2.05, 4.69) is 11.9 Å². The van der Waals surface area contributed by atoms with Crippen LogP contribution in [0.1, 0.15) is 26.2 Å². The molecule has 0 aliphatic carbocycles. The Morgan fingerprint density at radius 1 is 1.16 bits per heavy atom. The van der Waals surface area contributed by atoms with E-state index in [9.17, 15) is 9.59 Å². The summed E-state index contributed by atoms with van der Waals surface area (Å²) < 4.78 is 4.13. The zero-order valence-corrected chi connectivity index (χ0v) is 11.5. The number of hydrogen-bond acceptors (Lipinski definition) is 4. The van der Waals surface area contributed by atoms with Gasteiger partial charge in [0.15, 0.2) is 11.2 Å². The van der Waals surface area contributed by atoms with Gasteiger partial charge in [-0.2, -0.15) is 4.98 Å². The Kier molecular flexibility index (Phi) is 3.46. The Balaban J connectivity index is 2.69. The predicted molar refractivity (Wildman–Crippen MR) is 74.2 cm³/mol. The van der Waals surface area contributed by atoms with Crippen molar-refractivity contribution in [2.24, 2.45) is 14.1 Å². The van der Waals surface area contributed by atoms with Gasteiger partial charge >= 0.3 is 5.69 Å². The summed E-state index contributed by atoms with van der Waals surface area (Å²) in [5, 5.41) is 0. The second-order valence-electron chi connectivity index (χ2n) is 4.71. The number of anilines is 1. The lowest BCUT2D eigenvalue weighted by atomic mass is 10.2. The summed E-state index contributed by atoms with van der Waals surface area (Å²) >= 11 is 0. The SMILES string of the molecule is CCCCCn1c(N)nc2c1c(=O)n(C)c(=O)n2C. The molecule has 2 heterocycles. The van der Waals surface area contributed by atoms with E-state index in [0.29, 0.717) is 17.7 Å². The molecule has 104 valence electrons. The Hall–Kier alpha value is -2.05. The average Bonchev–Trinajstić information content (AvgIpc) is 2.72. The van der Waals surface area contributed by atoms with E-state index in [1.807, 2.05) is 0 Å². The fourth-order valence-corrected chi connectivity index (χ4v) is 2.21. The van der Waals surface area contributed by atoms with Crippen molar-refractivity contribution in [1.82, 2.24) is 18.7 Å². The summed E-state index contributed by atoms with van der Waals surface area (Å²) in [4.78, 5) is 28.2. The van der Waals surface area contributed by atoms with Gasteiger partial charge in [0.2, 0.25) is 5.95 Å². The smallest absolute Gasteiger partial charge is 0.332 e. The summed E-state index contributed by atoms with van der Waals surface area (Å²) in [7, 11) is 3.05. The number of imidazole rings is 1. The molecule has 7 heteroatoms. The molecular formula is C12H19N5O2. The first-order chi connectivity index (χ1) is 8.99. The molecule has 0 atom stereocenters. The molecule has 0 aliphatic heterocycles. The first-order valence-electron chi connectivity index (χ1n) is 6.40. The van der Waals surface area contributed by atoms with Crippen LogP contribution in [0, 0.1) is 0 Å². The lowest BCUT2D eigenvalue weighted by Gasteiger charge is -2.07. The maximum absolute atomic E-state index is 12.2. The normalized spacial score (nSPS) is 11.3. The summed E-state index contributed by atoms with van der Waals surface area (Å²) in [6, 6.07) is 0. The number of aromatic nitrogens is 4. The topological polar surface area (TPSA) is 87.8 Å². The van der Waals surface area contributed by atoms with Crippen LogP contribution in [0.15, 0.2) is 9.59 Å². The van der Waals surface area contributed by atoms with Crippen molar-refractivity contribution in [3.63, 3.8) is 0 Å². The maximum atomic E-state index is 12.2. The van der Waals surface area contributed by atoms with Gasteiger partial charge in [-0.25, -0.2) is 4.79 Å². The van der Waals surface area contributed by atoms with Crippen molar-refractivity contribution in [1.29, 1.82) is 0 Å². The molecular weight excluding hydrogens is 246 g/mol. The fraction of sp³-hybridized carbons (Fsp3) is 0.583. The highest BCUT2D eigenvalue weighted by molar-refractivity contribution is 5.73. The van der Waals surface area contributed by atoms with Crippen LogP contribution in [0.2, 0.25) is 0 Å². The minimum Gasteiger partial charge on any atom is -0.369 e. The third-order valence-corrected chi connectivity index (χ3v) is 3.36. The average molecular weight is 265 g/mol. The molecule has 2 aromatic rings. The molecule has 2 aromatic heterocycles. The van der Waals surface area contributed by atoms with Crippen LogP contribution in [0.3, 0.4) is 0 Å². The summed E-state index contributed by atoms with van der Waals surface area (Å²) in [5.74, 6) is 0.282. The number of hydrogen-bond donors (Lipinski definition) is 1. The molecule has 2 rings (SSSR count). The van der Waals surface area contributed by atoms with Gasteiger partial charge in [0, 0.05) is 20.6 Å². The summed E-state index contributed by atoms with van der Waals surface area (Å²) in [6.07, 6.45) is 3.08. The van der Waals surface area contributed by atoms with Gasteiger partial charge in [-0.15, -0.1) is 0 Å². The molecule has 0 saturated heterocycles. The molecule has 0 spiro atoms. The largest absolute Gasteiger partial charge is 0.369 e. The van der Waals surface area contributed by atoms with Gasteiger partial charge in [-0.3, -0.25) is 13.9 Å². The van der Waals surface area contributed by atoms with E-state index < -0.39 is 5.69 Å². The molecule has 0 amide bonds. The van der Waals surface area contributed by atoms with Crippen molar-refractivity contribution in [3.05, 3.63) is 20.8 Å². The van der Waals surface area contributed by atoms with Crippen molar-refractivity contribution >= 4 is 17.1 Å². The number of rotatable bonds is 4. The maximum Gasteiger partial charge on any atom is 0.332 e. The Morgan fingerprint density at radius 3 is 2.47 bits per heavy atom. The van der Waals surface area contributed by atoms with Crippen LogP contribution >= 0.6 is 0 Å². The number of nitrogen functional groups attached to an aromatic ring is 1. The Labute approximate surface area is 110 Å². The molecule has 0 aliphatic rings. The first kappa shape index (κ1) is 13.4. The van der Waals surface area contributed by atoms with Crippen molar-refractivity contribution in [2.75, 3.05) is 5.73 Å². The monoisotopic (exact) mass is 265 g/mol. The van der Waals surface area contributed by atoms with Crippen LogP contribution in [0.5, 0.6) is 0 Å². The molecule has 0 fully saturated rings. The van der Waals surface area contributed by atoms with E-state index in [1.54, 1.807) is 11.6 Å². The number of nitrogens with zero attached hydrogens (tertiary/aromatic N) is 4. The second-order valence-corrected chi connectivity index (χ2v) is 4.71. The van der Waals surface area contributed by atoms with Crippen molar-refractivity contribution in [2.45, 2.75) is 32.7 Å². The highest BCUT2D eigenvalue weighted by Gasteiger charge is 2.16. The Morgan fingerprint density at radius 2 is 1.84 bits per heavy atom. The summed E-state index contributed by atoms with van der Waals surface area (Å²) in [5.41, 5.74) is 5.87. The van der Waals surface area contributed by atoms with Crippen molar-refractivity contribution in [3.8, 4) is 0 Å². The number of unbranched alkanes of at least 4 members (excludes halogenated alkanes) is 2. The zero-order chi connectivity index (χ0) is 14.2. The van der Waals surface area contributed by atoms with E-state index >= 15 is 0 Å². The summed E-state index contributed by atoms with van der Waals surface area (Å²) in [6.45, 7) is 2.75. The predicted octanol–water partition coefficient (Wildman–Crippen LogP) is 0.206. The molecule has 0 saturated carbocycles. The van der Waals surface area contributed by atoms with Crippen LogP contribution in [-0.2, 0) is 20.6 Å². The van der Waals surface area contributed by atoms with Crippen LogP contribution in [-0.4, -0.2) is 18.7 Å². The zero-order valence-electron chi connectivity index (χ0n) is 11.5. The highest BCUT2D eigenvalue weighted by Crippen LogP contribution is 2.13. The number of fused-ring (bicyclic) bond motifs is 1. The van der Waals surface area contributed by atoms with Crippen LogP contribution < -0.4 is 17.0 Å².